The second-order valence-corrected chi connectivity index (χ2v) is 7.05. The molecular formula is C22H23F3N4O. The number of carbonyl (C=O) groups excluding carboxylic acids is 1. The minimum atomic E-state index is -4.36. The molecule has 0 saturated heterocycles. The minimum Gasteiger partial charge on any atom is -0.391 e. The second kappa shape index (κ2) is 8.61. The molecule has 8 heteroatoms. The first-order valence-electron chi connectivity index (χ1n) is 9.48. The molecule has 0 spiro atoms. The molecule has 1 heterocycles. The molecule has 1 aliphatic rings. The lowest BCUT2D eigenvalue weighted by Crippen LogP contribution is -2.40. The molecule has 2 aromatic rings. The summed E-state index contributed by atoms with van der Waals surface area (Å²) < 4.78 is 38.1. The van der Waals surface area contributed by atoms with Crippen LogP contribution < -0.4 is 10.6 Å². The standard InChI is InChI=1S/C22H23F3N4O/c1-14(30)29-12-11-20(27-2)19(13-29)21(26)28-18-9-5-16(6-10-18)15-3-7-17(8-4-15)22(23,24)25/h3-10,27H,11-13H2,1-2H3,(H2,26,28). The van der Waals surface area contributed by atoms with Crippen molar-refractivity contribution in [2.75, 3.05) is 25.5 Å². The van der Waals surface area contributed by atoms with E-state index in [1.807, 2.05) is 0 Å². The summed E-state index contributed by atoms with van der Waals surface area (Å²) in [5.41, 5.74) is 3.10. The Bertz CT molecular complexity index is 963. The number of hydrogen-bond donors (Lipinski definition) is 3. The highest BCUT2D eigenvalue weighted by atomic mass is 19.4. The normalized spacial score (nSPS) is 14.5. The smallest absolute Gasteiger partial charge is 0.391 e. The summed E-state index contributed by atoms with van der Waals surface area (Å²) in [5, 5.41) is 14.6. The monoisotopic (exact) mass is 416 g/mol. The molecule has 0 aromatic heterocycles. The fourth-order valence-electron chi connectivity index (χ4n) is 3.36. The molecule has 0 aliphatic carbocycles. The maximum absolute atomic E-state index is 12.7. The molecule has 0 fully saturated rings. The summed E-state index contributed by atoms with van der Waals surface area (Å²) >= 11 is 0. The fourth-order valence-corrected chi connectivity index (χ4v) is 3.36. The van der Waals surface area contributed by atoms with Crippen LogP contribution in [0.2, 0.25) is 0 Å². The Morgan fingerprint density at radius 2 is 1.60 bits per heavy atom. The molecule has 0 saturated carbocycles. The van der Waals surface area contributed by atoms with E-state index in [9.17, 15) is 18.0 Å². The van der Waals surface area contributed by atoms with E-state index in [2.05, 4.69) is 10.6 Å². The van der Waals surface area contributed by atoms with E-state index >= 15 is 0 Å². The van der Waals surface area contributed by atoms with E-state index in [4.69, 9.17) is 5.41 Å². The molecule has 0 radical (unpaired) electrons. The summed E-state index contributed by atoms with van der Waals surface area (Å²) in [5.74, 6) is 0.170. The van der Waals surface area contributed by atoms with E-state index in [0.29, 0.717) is 30.8 Å². The summed E-state index contributed by atoms with van der Waals surface area (Å²) in [6, 6.07) is 12.1. The van der Waals surface area contributed by atoms with Crippen molar-refractivity contribution in [3.63, 3.8) is 0 Å². The number of nitrogens with one attached hydrogen (secondary N) is 3. The van der Waals surface area contributed by atoms with Gasteiger partial charge in [-0.2, -0.15) is 13.2 Å². The highest BCUT2D eigenvalue weighted by Gasteiger charge is 2.30. The van der Waals surface area contributed by atoms with Gasteiger partial charge in [0.25, 0.3) is 0 Å². The molecule has 0 unspecified atom stereocenters. The number of benzene rings is 2. The first-order chi connectivity index (χ1) is 14.2. The van der Waals surface area contributed by atoms with Crippen molar-refractivity contribution in [3.8, 4) is 11.1 Å². The highest BCUT2D eigenvalue weighted by molar-refractivity contribution is 6.07. The summed E-state index contributed by atoms with van der Waals surface area (Å²) in [4.78, 5) is 13.4. The first-order valence-corrected chi connectivity index (χ1v) is 9.48. The molecule has 0 bridgehead atoms. The van der Waals surface area contributed by atoms with Gasteiger partial charge in [0.05, 0.1) is 12.1 Å². The van der Waals surface area contributed by atoms with Crippen LogP contribution in [-0.4, -0.2) is 36.8 Å². The molecule has 1 amide bonds. The lowest BCUT2D eigenvalue weighted by atomic mass is 10.0. The van der Waals surface area contributed by atoms with Crippen molar-refractivity contribution < 1.29 is 18.0 Å². The van der Waals surface area contributed by atoms with Gasteiger partial charge in [-0.05, 0) is 35.4 Å². The van der Waals surface area contributed by atoms with E-state index in [1.165, 1.54) is 19.1 Å². The average molecular weight is 416 g/mol. The van der Waals surface area contributed by atoms with Gasteiger partial charge in [0, 0.05) is 43.9 Å². The van der Waals surface area contributed by atoms with Gasteiger partial charge in [-0.3, -0.25) is 10.2 Å². The Kier molecular flexibility index (Phi) is 6.14. The maximum Gasteiger partial charge on any atom is 0.416 e. The molecule has 1 aliphatic heterocycles. The number of nitrogens with zero attached hydrogens (tertiary/aromatic N) is 1. The first kappa shape index (κ1) is 21.4. The van der Waals surface area contributed by atoms with E-state index in [0.717, 1.165) is 29.0 Å². The molecule has 158 valence electrons. The maximum atomic E-state index is 12.7. The van der Waals surface area contributed by atoms with Gasteiger partial charge < -0.3 is 15.5 Å². The number of rotatable bonds is 4. The number of alkyl halides is 3. The average Bonchev–Trinajstić information content (AvgIpc) is 2.73. The zero-order valence-corrected chi connectivity index (χ0v) is 16.7. The van der Waals surface area contributed by atoms with Crippen LogP contribution in [0.3, 0.4) is 0 Å². The number of hydrogen-bond acceptors (Lipinski definition) is 3. The van der Waals surface area contributed by atoms with Gasteiger partial charge in [-0.25, -0.2) is 0 Å². The number of carbonyl (C=O) groups is 1. The van der Waals surface area contributed by atoms with Gasteiger partial charge in [0.2, 0.25) is 5.91 Å². The van der Waals surface area contributed by atoms with E-state index in [-0.39, 0.29) is 11.7 Å². The van der Waals surface area contributed by atoms with E-state index < -0.39 is 11.7 Å². The molecule has 5 nitrogen and oxygen atoms in total. The number of anilines is 1. The zero-order valence-electron chi connectivity index (χ0n) is 16.7. The van der Waals surface area contributed by atoms with Crippen molar-refractivity contribution in [1.82, 2.24) is 10.2 Å². The predicted octanol–water partition coefficient (Wildman–Crippen LogP) is 4.49. The fraction of sp³-hybridized carbons (Fsp3) is 0.273. The predicted molar refractivity (Wildman–Crippen MR) is 111 cm³/mol. The van der Waals surface area contributed by atoms with Gasteiger partial charge >= 0.3 is 6.18 Å². The topological polar surface area (TPSA) is 68.2 Å². The third kappa shape index (κ3) is 4.82. The van der Waals surface area contributed by atoms with Gasteiger partial charge in [0.1, 0.15) is 5.84 Å². The molecule has 3 N–H and O–H groups in total. The summed E-state index contributed by atoms with van der Waals surface area (Å²) in [6.07, 6.45) is -3.70. The SMILES string of the molecule is CNC1=C(C(=N)Nc2ccc(-c3ccc(C(F)(F)F)cc3)cc2)CN(C(C)=O)CC1. The van der Waals surface area contributed by atoms with Crippen LogP contribution in [0.1, 0.15) is 18.9 Å². The third-order valence-corrected chi connectivity index (χ3v) is 5.09. The molecule has 30 heavy (non-hydrogen) atoms. The van der Waals surface area contributed by atoms with Crippen LogP contribution in [0.15, 0.2) is 59.8 Å². The summed E-state index contributed by atoms with van der Waals surface area (Å²) in [6.45, 7) is 2.49. The van der Waals surface area contributed by atoms with Crippen LogP contribution in [-0.2, 0) is 11.0 Å². The van der Waals surface area contributed by atoms with Gasteiger partial charge in [-0.15, -0.1) is 0 Å². The Morgan fingerprint density at radius 1 is 1.03 bits per heavy atom. The summed E-state index contributed by atoms with van der Waals surface area (Å²) in [7, 11) is 1.80. The highest BCUT2D eigenvalue weighted by Crippen LogP contribution is 2.31. The van der Waals surface area contributed by atoms with Crippen molar-refractivity contribution >= 4 is 17.4 Å². The van der Waals surface area contributed by atoms with Gasteiger partial charge in [-0.1, -0.05) is 24.3 Å². The largest absolute Gasteiger partial charge is 0.416 e. The van der Waals surface area contributed by atoms with Crippen LogP contribution in [0, 0.1) is 5.41 Å². The van der Waals surface area contributed by atoms with Crippen molar-refractivity contribution in [3.05, 3.63) is 65.4 Å². The van der Waals surface area contributed by atoms with Crippen LogP contribution in [0.4, 0.5) is 18.9 Å². The van der Waals surface area contributed by atoms with Crippen molar-refractivity contribution in [2.45, 2.75) is 19.5 Å². The quantitative estimate of drug-likeness (QED) is 0.508. The van der Waals surface area contributed by atoms with Crippen LogP contribution in [0.25, 0.3) is 11.1 Å². The second-order valence-electron chi connectivity index (χ2n) is 7.05. The number of amides is 1. The Hall–Kier alpha value is -3.29. The lowest BCUT2D eigenvalue weighted by molar-refractivity contribution is -0.137. The molecular weight excluding hydrogens is 393 g/mol. The minimum absolute atomic E-state index is 0.0312. The Morgan fingerprint density at radius 3 is 2.10 bits per heavy atom. The molecule has 2 aromatic carbocycles. The zero-order chi connectivity index (χ0) is 21.9. The molecule has 0 atom stereocenters. The molecule has 3 rings (SSSR count). The third-order valence-electron chi connectivity index (χ3n) is 5.09. The lowest BCUT2D eigenvalue weighted by Gasteiger charge is -2.30. The van der Waals surface area contributed by atoms with Crippen molar-refractivity contribution in [1.29, 1.82) is 5.41 Å². The van der Waals surface area contributed by atoms with Gasteiger partial charge in [0.15, 0.2) is 0 Å². The van der Waals surface area contributed by atoms with Crippen LogP contribution in [0.5, 0.6) is 0 Å². The number of halogens is 3. The van der Waals surface area contributed by atoms with E-state index in [1.54, 1.807) is 36.2 Å². The Labute approximate surface area is 173 Å². The Balaban J connectivity index is 1.73. The van der Waals surface area contributed by atoms with Crippen LogP contribution >= 0.6 is 0 Å². The number of amidine groups is 1. The van der Waals surface area contributed by atoms with Crippen molar-refractivity contribution in [2.24, 2.45) is 0 Å².